The van der Waals surface area contributed by atoms with E-state index < -0.39 is 24.0 Å². The van der Waals surface area contributed by atoms with Crippen LogP contribution in [0.15, 0.2) is 12.7 Å². The number of rotatable bonds is 8. The van der Waals surface area contributed by atoms with Crippen molar-refractivity contribution in [1.82, 2.24) is 0 Å². The number of aliphatic hydroxyl groups excluding tert-OH is 1. The van der Waals surface area contributed by atoms with Crippen LogP contribution in [0.1, 0.15) is 26.7 Å². The van der Waals surface area contributed by atoms with Crippen LogP contribution in [0.2, 0.25) is 0 Å². The van der Waals surface area contributed by atoms with Crippen molar-refractivity contribution in [3.8, 4) is 0 Å². The third-order valence-electron chi connectivity index (χ3n) is 2.16. The minimum absolute atomic E-state index is 0.217. The van der Waals surface area contributed by atoms with E-state index >= 15 is 0 Å². The van der Waals surface area contributed by atoms with Crippen LogP contribution < -0.4 is 0 Å². The highest BCUT2D eigenvalue weighted by Crippen LogP contribution is 2.15. The van der Waals surface area contributed by atoms with E-state index in [9.17, 15) is 14.7 Å². The second-order valence-electron chi connectivity index (χ2n) is 3.46. The van der Waals surface area contributed by atoms with Crippen LogP contribution in [-0.4, -0.2) is 36.4 Å². The van der Waals surface area contributed by atoms with Crippen molar-refractivity contribution in [2.24, 2.45) is 5.92 Å². The van der Waals surface area contributed by atoms with Crippen molar-refractivity contribution in [3.05, 3.63) is 12.7 Å². The second-order valence-corrected chi connectivity index (χ2v) is 3.46. The fraction of sp³-hybridized carbons (Fsp3) is 0.667. The summed E-state index contributed by atoms with van der Waals surface area (Å²) in [5.74, 6) is -1.82. The van der Waals surface area contributed by atoms with Gasteiger partial charge in [0.05, 0.1) is 31.7 Å². The van der Waals surface area contributed by atoms with Crippen molar-refractivity contribution in [2.45, 2.75) is 32.8 Å². The van der Waals surface area contributed by atoms with Gasteiger partial charge in [0.2, 0.25) is 0 Å². The molecule has 1 N–H and O–H groups in total. The Balaban J connectivity index is 4.42. The molecule has 0 saturated carbocycles. The summed E-state index contributed by atoms with van der Waals surface area (Å²) >= 11 is 0. The molecule has 0 spiro atoms. The summed E-state index contributed by atoms with van der Waals surface area (Å²) in [4.78, 5) is 22.7. The van der Waals surface area contributed by atoms with Gasteiger partial charge in [0.1, 0.15) is 0 Å². The van der Waals surface area contributed by atoms with Crippen LogP contribution in [0.5, 0.6) is 0 Å². The number of hydrogen-bond donors (Lipinski definition) is 1. The zero-order valence-corrected chi connectivity index (χ0v) is 10.3. The molecule has 17 heavy (non-hydrogen) atoms. The summed E-state index contributed by atoms with van der Waals surface area (Å²) in [6.07, 6.45) is 0.451. The molecule has 0 aromatic rings. The van der Waals surface area contributed by atoms with Crippen molar-refractivity contribution < 1.29 is 24.2 Å². The number of carbonyl (C=O) groups is 2. The first kappa shape index (κ1) is 15.6. The minimum atomic E-state index is -1.11. The van der Waals surface area contributed by atoms with Crippen molar-refractivity contribution in [1.29, 1.82) is 0 Å². The molecule has 0 aliphatic carbocycles. The van der Waals surface area contributed by atoms with Gasteiger partial charge in [-0.25, -0.2) is 0 Å². The topological polar surface area (TPSA) is 72.8 Å². The molecule has 0 radical (unpaired) electrons. The number of ether oxygens (including phenoxy) is 2. The van der Waals surface area contributed by atoms with Crippen LogP contribution in [-0.2, 0) is 19.1 Å². The van der Waals surface area contributed by atoms with Gasteiger partial charge in [-0.1, -0.05) is 6.08 Å². The van der Waals surface area contributed by atoms with Gasteiger partial charge < -0.3 is 14.6 Å². The number of allylic oxidation sites excluding steroid dienone is 1. The highest BCUT2D eigenvalue weighted by molar-refractivity contribution is 5.76. The van der Waals surface area contributed by atoms with E-state index in [1.165, 1.54) is 6.08 Å². The molecule has 0 fully saturated rings. The van der Waals surface area contributed by atoms with E-state index in [1.807, 2.05) is 0 Å². The minimum Gasteiger partial charge on any atom is -0.466 e. The van der Waals surface area contributed by atoms with Crippen molar-refractivity contribution in [3.63, 3.8) is 0 Å². The summed E-state index contributed by atoms with van der Waals surface area (Å²) in [7, 11) is 0. The summed E-state index contributed by atoms with van der Waals surface area (Å²) in [5, 5.41) is 9.78. The maximum Gasteiger partial charge on any atom is 0.311 e. The average Bonchev–Trinajstić information content (AvgIpc) is 2.26. The number of esters is 2. The highest BCUT2D eigenvalue weighted by atomic mass is 16.5. The van der Waals surface area contributed by atoms with E-state index in [-0.39, 0.29) is 26.1 Å². The van der Waals surface area contributed by atoms with Gasteiger partial charge in [-0.3, -0.25) is 9.59 Å². The maximum absolute atomic E-state index is 11.5. The smallest absolute Gasteiger partial charge is 0.311 e. The van der Waals surface area contributed by atoms with E-state index in [0.29, 0.717) is 0 Å². The summed E-state index contributed by atoms with van der Waals surface area (Å²) < 4.78 is 9.52. The summed E-state index contributed by atoms with van der Waals surface area (Å²) in [5.41, 5.74) is 0. The molecule has 0 rings (SSSR count). The van der Waals surface area contributed by atoms with Gasteiger partial charge in [-0.05, 0) is 20.3 Å². The normalized spacial score (nSPS) is 13.6. The van der Waals surface area contributed by atoms with E-state index in [1.54, 1.807) is 13.8 Å². The third-order valence-corrected chi connectivity index (χ3v) is 2.16. The van der Waals surface area contributed by atoms with Crippen LogP contribution in [0, 0.1) is 5.92 Å². The Labute approximate surface area is 101 Å². The summed E-state index contributed by atoms with van der Waals surface area (Å²) in [6.45, 7) is 7.35. The number of aliphatic hydroxyl groups is 1. The number of carbonyl (C=O) groups excluding carboxylic acids is 2. The van der Waals surface area contributed by atoms with Crippen LogP contribution >= 0.6 is 0 Å². The Morgan fingerprint density at radius 3 is 2.35 bits per heavy atom. The molecule has 0 aliphatic heterocycles. The van der Waals surface area contributed by atoms with Crippen molar-refractivity contribution >= 4 is 11.9 Å². The van der Waals surface area contributed by atoms with Crippen LogP contribution in [0.25, 0.3) is 0 Å². The van der Waals surface area contributed by atoms with E-state index in [4.69, 9.17) is 9.47 Å². The standard InChI is InChI=1S/C12H20O5/c1-4-7-9(12(15)17-6-3)10(13)8-11(14)16-5-2/h4,9-10,13H,1,5-8H2,2-3H3/t9-,10-/m1/s1. The van der Waals surface area contributed by atoms with Gasteiger partial charge in [-0.15, -0.1) is 6.58 Å². The lowest BCUT2D eigenvalue weighted by Crippen LogP contribution is -2.32. The highest BCUT2D eigenvalue weighted by Gasteiger charge is 2.29. The zero-order valence-electron chi connectivity index (χ0n) is 10.3. The third kappa shape index (κ3) is 6.06. The Morgan fingerprint density at radius 2 is 1.88 bits per heavy atom. The van der Waals surface area contributed by atoms with Gasteiger partial charge in [0.15, 0.2) is 0 Å². The SMILES string of the molecule is C=CC[C@@H](C(=O)OCC)[C@H](O)CC(=O)OCC. The van der Waals surface area contributed by atoms with Crippen LogP contribution in [0.3, 0.4) is 0 Å². The van der Waals surface area contributed by atoms with Crippen LogP contribution in [0.4, 0.5) is 0 Å². The molecule has 0 unspecified atom stereocenters. The molecule has 5 nitrogen and oxygen atoms in total. The predicted molar refractivity (Wildman–Crippen MR) is 62.2 cm³/mol. The zero-order chi connectivity index (χ0) is 13.3. The Bertz CT molecular complexity index is 262. The molecule has 98 valence electrons. The molecular weight excluding hydrogens is 224 g/mol. The molecular formula is C12H20O5. The molecule has 0 saturated heterocycles. The molecule has 0 aromatic heterocycles. The first-order valence-electron chi connectivity index (χ1n) is 5.67. The second kappa shape index (κ2) is 8.75. The van der Waals surface area contributed by atoms with E-state index in [2.05, 4.69) is 6.58 Å². The first-order chi connectivity index (χ1) is 8.06. The molecule has 0 heterocycles. The Kier molecular flexibility index (Phi) is 8.05. The molecule has 5 heteroatoms. The maximum atomic E-state index is 11.5. The van der Waals surface area contributed by atoms with Crippen molar-refractivity contribution in [2.75, 3.05) is 13.2 Å². The first-order valence-corrected chi connectivity index (χ1v) is 5.67. The lowest BCUT2D eigenvalue weighted by atomic mass is 9.96. The monoisotopic (exact) mass is 244 g/mol. The molecule has 2 atom stereocenters. The lowest BCUT2D eigenvalue weighted by Gasteiger charge is -2.19. The molecule has 0 aromatic carbocycles. The van der Waals surface area contributed by atoms with Gasteiger partial charge in [0, 0.05) is 0 Å². The lowest BCUT2D eigenvalue weighted by molar-refractivity contribution is -0.154. The van der Waals surface area contributed by atoms with Gasteiger partial charge >= 0.3 is 11.9 Å². The predicted octanol–water partition coefficient (Wildman–Crippen LogP) is 1.06. The summed E-state index contributed by atoms with van der Waals surface area (Å²) in [6, 6.07) is 0. The van der Waals surface area contributed by atoms with E-state index in [0.717, 1.165) is 0 Å². The quantitative estimate of drug-likeness (QED) is 0.510. The molecule has 0 bridgehead atoms. The largest absolute Gasteiger partial charge is 0.466 e. The van der Waals surface area contributed by atoms with Gasteiger partial charge in [-0.2, -0.15) is 0 Å². The Hall–Kier alpha value is -1.36. The fourth-order valence-electron chi connectivity index (χ4n) is 1.37. The number of hydrogen-bond acceptors (Lipinski definition) is 5. The van der Waals surface area contributed by atoms with Gasteiger partial charge in [0.25, 0.3) is 0 Å². The fourth-order valence-corrected chi connectivity index (χ4v) is 1.37. The average molecular weight is 244 g/mol. The molecule has 0 amide bonds. The molecule has 0 aliphatic rings. The Morgan fingerprint density at radius 1 is 1.29 bits per heavy atom.